The number of nitrogens with one attached hydrogen (secondary N) is 1. The average molecular weight is 584 g/mol. The molecule has 1 unspecified atom stereocenters. The maximum absolute atomic E-state index is 13.9. The zero-order chi connectivity index (χ0) is 27.4. The SMILES string of the molecule is CC(CC(=O)Nc1ccc(CN2CCN(C(=O)OC(C)(C)C)CC2)c(C(F)(F)F)c1)c1ccc(Br)cc1. The monoisotopic (exact) mass is 583 g/mol. The van der Waals surface area contributed by atoms with Gasteiger partial charge in [0.25, 0.3) is 0 Å². The van der Waals surface area contributed by atoms with Gasteiger partial charge >= 0.3 is 12.3 Å². The number of piperazine rings is 1. The molecular weight excluding hydrogens is 551 g/mol. The van der Waals surface area contributed by atoms with Crippen molar-refractivity contribution in [3.63, 3.8) is 0 Å². The summed E-state index contributed by atoms with van der Waals surface area (Å²) in [5, 5.41) is 2.61. The number of nitrogens with zero attached hydrogens (tertiary/aromatic N) is 2. The van der Waals surface area contributed by atoms with Gasteiger partial charge in [-0.2, -0.15) is 13.2 Å². The third-order valence-electron chi connectivity index (χ3n) is 6.05. The summed E-state index contributed by atoms with van der Waals surface area (Å²) in [5.41, 5.74) is -0.181. The van der Waals surface area contributed by atoms with Gasteiger partial charge in [-0.15, -0.1) is 0 Å². The zero-order valence-corrected chi connectivity index (χ0v) is 23.1. The number of halogens is 4. The fourth-order valence-electron chi connectivity index (χ4n) is 4.11. The van der Waals surface area contributed by atoms with Gasteiger partial charge in [0, 0.05) is 49.3 Å². The predicted molar refractivity (Wildman–Crippen MR) is 140 cm³/mol. The van der Waals surface area contributed by atoms with Crippen molar-refractivity contribution in [2.45, 2.75) is 58.4 Å². The lowest BCUT2D eigenvalue weighted by atomic mass is 9.97. The predicted octanol–water partition coefficient (Wildman–Crippen LogP) is 6.65. The van der Waals surface area contributed by atoms with Crippen LogP contribution in [-0.2, 0) is 22.3 Å². The summed E-state index contributed by atoms with van der Waals surface area (Å²) in [6, 6.07) is 11.5. The van der Waals surface area contributed by atoms with Crippen LogP contribution in [0.1, 0.15) is 56.7 Å². The van der Waals surface area contributed by atoms with Crippen molar-refractivity contribution in [2.75, 3.05) is 31.5 Å². The topological polar surface area (TPSA) is 61.9 Å². The van der Waals surface area contributed by atoms with Crippen LogP contribution in [0.25, 0.3) is 0 Å². The number of hydrogen-bond acceptors (Lipinski definition) is 4. The van der Waals surface area contributed by atoms with Crippen LogP contribution in [0.2, 0.25) is 0 Å². The Kier molecular flexibility index (Phi) is 9.28. The first-order valence-corrected chi connectivity index (χ1v) is 13.0. The molecule has 1 fully saturated rings. The number of hydrogen-bond donors (Lipinski definition) is 1. The molecule has 1 N–H and O–H groups in total. The van der Waals surface area contributed by atoms with Gasteiger partial charge < -0.3 is 15.0 Å². The summed E-state index contributed by atoms with van der Waals surface area (Å²) in [6.45, 7) is 8.97. The quantitative estimate of drug-likeness (QED) is 0.413. The minimum absolute atomic E-state index is 0.0891. The van der Waals surface area contributed by atoms with Gasteiger partial charge in [0.05, 0.1) is 5.56 Å². The maximum atomic E-state index is 13.9. The lowest BCUT2D eigenvalue weighted by Gasteiger charge is -2.36. The van der Waals surface area contributed by atoms with Gasteiger partial charge in [-0.05, 0) is 62.1 Å². The molecule has 2 aromatic carbocycles. The highest BCUT2D eigenvalue weighted by atomic mass is 79.9. The van der Waals surface area contributed by atoms with Gasteiger partial charge in [-0.25, -0.2) is 4.79 Å². The molecule has 2 amide bonds. The van der Waals surface area contributed by atoms with E-state index >= 15 is 0 Å². The average Bonchev–Trinajstić information content (AvgIpc) is 2.79. The largest absolute Gasteiger partial charge is 0.444 e. The molecule has 0 aliphatic carbocycles. The molecule has 6 nitrogen and oxygen atoms in total. The van der Waals surface area contributed by atoms with Crippen molar-refractivity contribution >= 4 is 33.6 Å². The second-order valence-corrected chi connectivity index (χ2v) is 11.2. The van der Waals surface area contributed by atoms with Crippen LogP contribution in [0, 0.1) is 0 Å². The molecule has 10 heteroatoms. The zero-order valence-electron chi connectivity index (χ0n) is 21.5. The Bertz CT molecular complexity index is 1090. The maximum Gasteiger partial charge on any atom is 0.416 e. The van der Waals surface area contributed by atoms with Crippen molar-refractivity contribution in [2.24, 2.45) is 0 Å². The van der Waals surface area contributed by atoms with Gasteiger partial charge in [0.15, 0.2) is 0 Å². The Morgan fingerprint density at radius 2 is 1.65 bits per heavy atom. The Labute approximate surface area is 224 Å². The number of carbonyl (C=O) groups is 2. The minimum atomic E-state index is -4.57. The first-order chi connectivity index (χ1) is 17.2. The van der Waals surface area contributed by atoms with Crippen LogP contribution in [0.5, 0.6) is 0 Å². The van der Waals surface area contributed by atoms with Crippen LogP contribution in [-0.4, -0.2) is 53.6 Å². The van der Waals surface area contributed by atoms with Gasteiger partial charge in [0.2, 0.25) is 5.91 Å². The number of rotatable bonds is 6. The van der Waals surface area contributed by atoms with Crippen molar-refractivity contribution in [3.8, 4) is 0 Å². The normalized spacial score (nSPS) is 15.8. The Hall–Kier alpha value is -2.59. The Balaban J connectivity index is 1.62. The van der Waals surface area contributed by atoms with Gasteiger partial charge in [-0.1, -0.05) is 41.1 Å². The highest BCUT2D eigenvalue weighted by Gasteiger charge is 2.35. The van der Waals surface area contributed by atoms with Crippen LogP contribution in [0.15, 0.2) is 46.9 Å². The summed E-state index contributed by atoms with van der Waals surface area (Å²) < 4.78 is 48.0. The number of benzene rings is 2. The van der Waals surface area contributed by atoms with Crippen molar-refractivity contribution in [3.05, 3.63) is 63.6 Å². The molecule has 0 aromatic heterocycles. The molecule has 1 heterocycles. The number of anilines is 1. The standard InChI is InChI=1S/C27H33BrF3N3O3/c1-18(19-5-8-21(28)9-6-19)15-24(35)32-22-10-7-20(23(16-22)27(29,30)31)17-33-11-13-34(14-12-33)25(36)37-26(2,3)4/h5-10,16,18H,11-15,17H2,1-4H3,(H,32,35). The number of alkyl halides is 3. The van der Waals surface area contributed by atoms with Gasteiger partial charge in [0.1, 0.15) is 5.60 Å². The molecular formula is C27H33BrF3N3O3. The molecule has 37 heavy (non-hydrogen) atoms. The Morgan fingerprint density at radius 3 is 2.22 bits per heavy atom. The van der Waals surface area contributed by atoms with E-state index in [4.69, 9.17) is 4.74 Å². The van der Waals surface area contributed by atoms with E-state index in [0.717, 1.165) is 16.1 Å². The molecule has 0 saturated carbocycles. The number of amides is 2. The highest BCUT2D eigenvalue weighted by Crippen LogP contribution is 2.35. The van der Waals surface area contributed by atoms with E-state index < -0.39 is 23.4 Å². The van der Waals surface area contributed by atoms with Crippen molar-refractivity contribution in [1.82, 2.24) is 9.80 Å². The number of carbonyl (C=O) groups excluding carboxylic acids is 2. The number of ether oxygens (including phenoxy) is 1. The highest BCUT2D eigenvalue weighted by molar-refractivity contribution is 9.10. The second kappa shape index (κ2) is 11.9. The van der Waals surface area contributed by atoms with Crippen LogP contribution in [0.4, 0.5) is 23.7 Å². The molecule has 0 radical (unpaired) electrons. The molecule has 1 saturated heterocycles. The first kappa shape index (κ1) is 29.0. The van der Waals surface area contributed by atoms with Gasteiger partial charge in [-0.3, -0.25) is 9.69 Å². The van der Waals surface area contributed by atoms with Crippen LogP contribution >= 0.6 is 15.9 Å². The molecule has 1 aliphatic rings. The molecule has 202 valence electrons. The summed E-state index contributed by atoms with van der Waals surface area (Å²) in [4.78, 5) is 28.2. The van der Waals surface area contributed by atoms with Crippen molar-refractivity contribution in [1.29, 1.82) is 0 Å². The molecule has 0 bridgehead atoms. The molecule has 2 aromatic rings. The molecule has 1 aliphatic heterocycles. The Morgan fingerprint density at radius 1 is 1.03 bits per heavy atom. The first-order valence-electron chi connectivity index (χ1n) is 12.2. The lowest BCUT2D eigenvalue weighted by molar-refractivity contribution is -0.138. The summed E-state index contributed by atoms with van der Waals surface area (Å²) in [7, 11) is 0. The fourth-order valence-corrected chi connectivity index (χ4v) is 4.38. The van der Waals surface area contributed by atoms with E-state index in [1.54, 1.807) is 25.7 Å². The molecule has 0 spiro atoms. The lowest BCUT2D eigenvalue weighted by Crippen LogP contribution is -2.49. The van der Waals surface area contributed by atoms with E-state index in [1.165, 1.54) is 12.1 Å². The third-order valence-corrected chi connectivity index (χ3v) is 6.58. The van der Waals surface area contributed by atoms with E-state index in [0.29, 0.717) is 26.2 Å². The summed E-state index contributed by atoms with van der Waals surface area (Å²) in [6.07, 6.45) is -4.84. The van der Waals surface area contributed by atoms with E-state index in [2.05, 4.69) is 21.2 Å². The van der Waals surface area contributed by atoms with E-state index in [-0.39, 0.29) is 36.0 Å². The van der Waals surface area contributed by atoms with E-state index in [1.807, 2.05) is 36.1 Å². The summed E-state index contributed by atoms with van der Waals surface area (Å²) in [5.74, 6) is -0.441. The second-order valence-electron chi connectivity index (χ2n) is 10.3. The molecule has 3 rings (SSSR count). The summed E-state index contributed by atoms with van der Waals surface area (Å²) >= 11 is 3.37. The van der Waals surface area contributed by atoms with Crippen LogP contribution in [0.3, 0.4) is 0 Å². The third kappa shape index (κ3) is 8.74. The van der Waals surface area contributed by atoms with E-state index in [9.17, 15) is 22.8 Å². The van der Waals surface area contributed by atoms with Crippen LogP contribution < -0.4 is 5.32 Å². The van der Waals surface area contributed by atoms with Crippen molar-refractivity contribution < 1.29 is 27.5 Å². The molecule has 1 atom stereocenters. The minimum Gasteiger partial charge on any atom is -0.444 e. The smallest absolute Gasteiger partial charge is 0.416 e. The fraction of sp³-hybridized carbons (Fsp3) is 0.481.